The Balaban J connectivity index is 1.85. The van der Waals surface area contributed by atoms with Gasteiger partial charge >= 0.3 is 5.97 Å². The molecular formula is C16H19N3O2. The fraction of sp³-hybridized carbons (Fsp3) is 0.500. The van der Waals surface area contributed by atoms with Crippen LogP contribution in [0.5, 0.6) is 0 Å². The van der Waals surface area contributed by atoms with Crippen molar-refractivity contribution in [2.24, 2.45) is 5.92 Å². The number of aryl methyl sites for hydroxylation is 1. The van der Waals surface area contributed by atoms with Crippen LogP contribution in [0.1, 0.15) is 35.1 Å². The molecule has 3 saturated heterocycles. The van der Waals surface area contributed by atoms with Gasteiger partial charge in [0.05, 0.1) is 22.6 Å². The van der Waals surface area contributed by atoms with Gasteiger partial charge in [-0.2, -0.15) is 0 Å². The Hall–Kier alpha value is -1.88. The first-order valence-electron chi connectivity index (χ1n) is 7.58. The molecule has 0 saturated carbocycles. The fourth-order valence-electron chi connectivity index (χ4n) is 3.99. The first-order chi connectivity index (χ1) is 10.1. The molecule has 2 bridgehead atoms. The smallest absolute Gasteiger partial charge is 0.335 e. The number of aromatic carboxylic acids is 1. The maximum Gasteiger partial charge on any atom is 0.335 e. The van der Waals surface area contributed by atoms with Crippen LogP contribution in [-0.2, 0) is 0 Å². The highest BCUT2D eigenvalue weighted by atomic mass is 16.4. The van der Waals surface area contributed by atoms with Crippen molar-refractivity contribution in [1.29, 1.82) is 0 Å². The molecule has 1 aromatic carbocycles. The Kier molecular flexibility index (Phi) is 2.79. The number of aromatic nitrogens is 2. The van der Waals surface area contributed by atoms with Gasteiger partial charge in [-0.05, 0) is 57.0 Å². The highest BCUT2D eigenvalue weighted by Gasteiger charge is 2.36. The molecule has 0 radical (unpaired) electrons. The summed E-state index contributed by atoms with van der Waals surface area (Å²) in [5.74, 6) is 0.807. The van der Waals surface area contributed by atoms with Gasteiger partial charge in [0.25, 0.3) is 0 Å². The average molecular weight is 285 g/mol. The predicted molar refractivity (Wildman–Crippen MR) is 79.6 cm³/mol. The van der Waals surface area contributed by atoms with Gasteiger partial charge < -0.3 is 14.6 Å². The second kappa shape index (κ2) is 4.56. The van der Waals surface area contributed by atoms with Gasteiger partial charge in [0.15, 0.2) is 0 Å². The van der Waals surface area contributed by atoms with E-state index in [0.717, 1.165) is 23.4 Å². The number of nitrogens with zero attached hydrogens (tertiary/aromatic N) is 3. The van der Waals surface area contributed by atoms with Crippen molar-refractivity contribution >= 4 is 17.0 Å². The minimum atomic E-state index is -0.879. The van der Waals surface area contributed by atoms with Gasteiger partial charge in [0, 0.05) is 6.54 Å². The average Bonchev–Trinajstić information content (AvgIpc) is 2.83. The molecule has 1 atom stereocenters. The Morgan fingerprint density at radius 2 is 2.10 bits per heavy atom. The van der Waals surface area contributed by atoms with Gasteiger partial charge in [-0.3, -0.25) is 0 Å². The summed E-state index contributed by atoms with van der Waals surface area (Å²) in [6.45, 7) is 5.49. The Labute approximate surface area is 123 Å². The van der Waals surface area contributed by atoms with Crippen molar-refractivity contribution in [3.8, 4) is 0 Å². The number of piperidine rings is 3. The van der Waals surface area contributed by atoms with E-state index in [-0.39, 0.29) is 0 Å². The normalized spacial score (nSPS) is 28.1. The maximum atomic E-state index is 11.2. The van der Waals surface area contributed by atoms with Crippen LogP contribution in [0.15, 0.2) is 18.2 Å². The molecule has 2 aromatic rings. The van der Waals surface area contributed by atoms with Crippen LogP contribution in [0.25, 0.3) is 11.0 Å². The van der Waals surface area contributed by atoms with Crippen molar-refractivity contribution in [1.82, 2.24) is 14.5 Å². The monoisotopic (exact) mass is 285 g/mol. The number of hydrogen-bond acceptors (Lipinski definition) is 3. The zero-order chi connectivity index (χ0) is 14.6. The van der Waals surface area contributed by atoms with Crippen molar-refractivity contribution in [2.45, 2.75) is 25.8 Å². The molecule has 0 aliphatic carbocycles. The van der Waals surface area contributed by atoms with Crippen molar-refractivity contribution in [3.63, 3.8) is 0 Å². The van der Waals surface area contributed by atoms with Crippen LogP contribution in [0, 0.1) is 12.8 Å². The van der Waals surface area contributed by atoms with E-state index in [1.54, 1.807) is 12.1 Å². The molecule has 3 aliphatic rings. The third kappa shape index (κ3) is 1.95. The minimum absolute atomic E-state index is 0.338. The van der Waals surface area contributed by atoms with E-state index in [2.05, 4.69) is 14.5 Å². The molecule has 0 spiro atoms. The summed E-state index contributed by atoms with van der Waals surface area (Å²) in [5, 5.41) is 9.22. The number of rotatable bonds is 2. The van der Waals surface area contributed by atoms with E-state index < -0.39 is 5.97 Å². The van der Waals surface area contributed by atoms with Gasteiger partial charge in [0.1, 0.15) is 5.82 Å². The first kappa shape index (κ1) is 12.8. The molecule has 5 heteroatoms. The molecule has 5 rings (SSSR count). The topological polar surface area (TPSA) is 58.4 Å². The van der Waals surface area contributed by atoms with E-state index in [1.165, 1.54) is 25.9 Å². The molecule has 1 aromatic heterocycles. The van der Waals surface area contributed by atoms with Crippen LogP contribution in [0.4, 0.5) is 0 Å². The van der Waals surface area contributed by atoms with Crippen LogP contribution in [0.3, 0.4) is 0 Å². The highest BCUT2D eigenvalue weighted by molar-refractivity contribution is 5.92. The lowest BCUT2D eigenvalue weighted by Crippen LogP contribution is -2.48. The number of fused-ring (bicyclic) bond motifs is 4. The fourth-order valence-corrected chi connectivity index (χ4v) is 3.99. The van der Waals surface area contributed by atoms with Gasteiger partial charge in [-0.15, -0.1) is 0 Å². The van der Waals surface area contributed by atoms with Gasteiger partial charge in [-0.1, -0.05) is 0 Å². The largest absolute Gasteiger partial charge is 0.478 e. The number of imidazole rings is 1. The quantitative estimate of drug-likeness (QED) is 0.920. The number of hydrogen-bond donors (Lipinski definition) is 1. The molecule has 3 fully saturated rings. The lowest BCUT2D eigenvalue weighted by molar-refractivity contribution is 0.0579. The van der Waals surface area contributed by atoms with Crippen molar-refractivity contribution in [3.05, 3.63) is 29.6 Å². The highest BCUT2D eigenvalue weighted by Crippen LogP contribution is 2.38. The van der Waals surface area contributed by atoms with E-state index >= 15 is 0 Å². The third-order valence-electron chi connectivity index (χ3n) is 5.07. The number of carboxylic acid groups (broad SMARTS) is 1. The van der Waals surface area contributed by atoms with E-state index in [4.69, 9.17) is 0 Å². The van der Waals surface area contributed by atoms with E-state index in [0.29, 0.717) is 17.5 Å². The summed E-state index contributed by atoms with van der Waals surface area (Å²) in [6, 6.07) is 5.67. The molecule has 1 unspecified atom stereocenters. The van der Waals surface area contributed by atoms with E-state index in [1.807, 2.05) is 13.0 Å². The summed E-state index contributed by atoms with van der Waals surface area (Å²) in [7, 11) is 0. The summed E-state index contributed by atoms with van der Waals surface area (Å²) in [5.41, 5.74) is 2.20. The minimum Gasteiger partial charge on any atom is -0.478 e. The van der Waals surface area contributed by atoms with Crippen LogP contribution in [-0.4, -0.2) is 45.2 Å². The van der Waals surface area contributed by atoms with Crippen molar-refractivity contribution in [2.75, 3.05) is 19.6 Å². The summed E-state index contributed by atoms with van der Waals surface area (Å²) >= 11 is 0. The van der Waals surface area contributed by atoms with Gasteiger partial charge in [0.2, 0.25) is 0 Å². The van der Waals surface area contributed by atoms with Crippen LogP contribution >= 0.6 is 0 Å². The number of carboxylic acids is 1. The summed E-state index contributed by atoms with van der Waals surface area (Å²) in [6.07, 6.45) is 2.48. The molecule has 5 nitrogen and oxygen atoms in total. The lowest BCUT2D eigenvalue weighted by atomic mass is 9.83. The molecule has 4 heterocycles. The number of carbonyl (C=O) groups is 1. The SMILES string of the molecule is Cc1nc2ccc(C(=O)O)cc2n1C1CN2CCC1CC2. The predicted octanol–water partition coefficient (Wildman–Crippen LogP) is 2.31. The third-order valence-corrected chi connectivity index (χ3v) is 5.07. The lowest BCUT2D eigenvalue weighted by Gasteiger charge is -2.45. The Morgan fingerprint density at radius 1 is 1.33 bits per heavy atom. The zero-order valence-corrected chi connectivity index (χ0v) is 12.1. The first-order valence-corrected chi connectivity index (χ1v) is 7.58. The summed E-state index contributed by atoms with van der Waals surface area (Å²) in [4.78, 5) is 18.4. The molecule has 3 aliphatic heterocycles. The molecule has 0 amide bonds. The second-order valence-corrected chi connectivity index (χ2v) is 6.24. The molecular weight excluding hydrogens is 266 g/mol. The van der Waals surface area contributed by atoms with Crippen LogP contribution < -0.4 is 0 Å². The number of benzene rings is 1. The second-order valence-electron chi connectivity index (χ2n) is 6.24. The zero-order valence-electron chi connectivity index (χ0n) is 12.1. The Morgan fingerprint density at radius 3 is 2.71 bits per heavy atom. The maximum absolute atomic E-state index is 11.2. The molecule has 110 valence electrons. The Bertz CT molecular complexity index is 714. The standard InChI is InChI=1S/C16H19N3O2/c1-10-17-13-3-2-12(16(20)21)8-14(13)19(10)15-9-18-6-4-11(15)5-7-18/h2-3,8,11,15H,4-7,9H2,1H3,(H,20,21). The summed E-state index contributed by atoms with van der Waals surface area (Å²) < 4.78 is 2.28. The molecule has 21 heavy (non-hydrogen) atoms. The van der Waals surface area contributed by atoms with Gasteiger partial charge in [-0.25, -0.2) is 9.78 Å². The van der Waals surface area contributed by atoms with Crippen LogP contribution in [0.2, 0.25) is 0 Å². The van der Waals surface area contributed by atoms with Crippen molar-refractivity contribution < 1.29 is 9.90 Å². The molecule has 1 N–H and O–H groups in total. The van der Waals surface area contributed by atoms with E-state index in [9.17, 15) is 9.90 Å².